The average molecular weight is 490 g/mol. The van der Waals surface area contributed by atoms with Crippen molar-refractivity contribution in [3.05, 3.63) is 71.9 Å². The van der Waals surface area contributed by atoms with Gasteiger partial charge in [-0.15, -0.1) is 0 Å². The first-order valence-electron chi connectivity index (χ1n) is 12.4. The molecule has 2 aromatic carbocycles. The third-order valence-electron chi connectivity index (χ3n) is 6.35. The van der Waals surface area contributed by atoms with E-state index in [1.807, 2.05) is 73.6 Å². The molecule has 1 aromatic heterocycles. The molecule has 1 aliphatic carbocycles. The van der Waals surface area contributed by atoms with Gasteiger partial charge in [-0.3, -0.25) is 4.79 Å². The number of hydrogen-bond donors (Lipinski definition) is 2. The van der Waals surface area contributed by atoms with Crippen molar-refractivity contribution < 1.29 is 14.3 Å². The fourth-order valence-corrected chi connectivity index (χ4v) is 4.37. The highest BCUT2D eigenvalue weighted by molar-refractivity contribution is 5.79. The first-order valence-corrected chi connectivity index (χ1v) is 12.4. The largest absolute Gasteiger partial charge is 0.493 e. The SMILES string of the molecule is COc1cc(CC(=O)NC2CCC(Nc3nccc(N(C)C)n3)CC2)ccc1OCc1ccccc1. The van der Waals surface area contributed by atoms with Gasteiger partial charge in [-0.2, -0.15) is 4.98 Å². The molecule has 1 amide bonds. The molecule has 190 valence electrons. The van der Waals surface area contributed by atoms with E-state index in [-0.39, 0.29) is 11.9 Å². The molecule has 0 atom stereocenters. The van der Waals surface area contributed by atoms with Crippen LogP contribution in [0.1, 0.15) is 36.8 Å². The second kappa shape index (κ2) is 12.2. The lowest BCUT2D eigenvalue weighted by molar-refractivity contribution is -0.121. The summed E-state index contributed by atoms with van der Waals surface area (Å²) in [5.74, 6) is 2.84. The molecule has 36 heavy (non-hydrogen) atoms. The molecule has 1 fully saturated rings. The van der Waals surface area contributed by atoms with Crippen LogP contribution in [0, 0.1) is 0 Å². The Morgan fingerprint density at radius 2 is 1.72 bits per heavy atom. The van der Waals surface area contributed by atoms with Crippen molar-refractivity contribution in [1.29, 1.82) is 0 Å². The molecule has 0 spiro atoms. The van der Waals surface area contributed by atoms with Gasteiger partial charge in [0.25, 0.3) is 0 Å². The zero-order valence-electron chi connectivity index (χ0n) is 21.2. The smallest absolute Gasteiger partial charge is 0.224 e. The maximum atomic E-state index is 12.7. The molecule has 8 heteroatoms. The molecule has 0 saturated heterocycles. The monoisotopic (exact) mass is 489 g/mol. The number of benzene rings is 2. The summed E-state index contributed by atoms with van der Waals surface area (Å²) in [6.07, 6.45) is 5.84. The van der Waals surface area contributed by atoms with Gasteiger partial charge in [0.2, 0.25) is 11.9 Å². The minimum atomic E-state index is 0.0217. The first-order chi connectivity index (χ1) is 17.5. The van der Waals surface area contributed by atoms with E-state index in [4.69, 9.17) is 9.47 Å². The summed E-state index contributed by atoms with van der Waals surface area (Å²) in [5.41, 5.74) is 1.98. The Kier molecular flexibility index (Phi) is 8.60. The topological polar surface area (TPSA) is 88.6 Å². The van der Waals surface area contributed by atoms with Gasteiger partial charge in [-0.25, -0.2) is 4.98 Å². The molecule has 8 nitrogen and oxygen atoms in total. The van der Waals surface area contributed by atoms with Crippen molar-refractivity contribution in [3.63, 3.8) is 0 Å². The van der Waals surface area contributed by atoms with E-state index in [2.05, 4.69) is 20.6 Å². The summed E-state index contributed by atoms with van der Waals surface area (Å²) in [7, 11) is 5.54. The predicted molar refractivity (Wildman–Crippen MR) is 142 cm³/mol. The molecule has 1 aliphatic rings. The summed E-state index contributed by atoms with van der Waals surface area (Å²) in [6, 6.07) is 18.0. The van der Waals surface area contributed by atoms with Crippen LogP contribution < -0.4 is 25.0 Å². The third kappa shape index (κ3) is 7.10. The predicted octanol–water partition coefficient (Wildman–Crippen LogP) is 4.21. The van der Waals surface area contributed by atoms with E-state index in [1.54, 1.807) is 13.3 Å². The van der Waals surface area contributed by atoms with Gasteiger partial charge < -0.3 is 25.0 Å². The van der Waals surface area contributed by atoms with Gasteiger partial charge in [0.05, 0.1) is 13.5 Å². The number of nitrogens with one attached hydrogen (secondary N) is 2. The molecule has 4 rings (SSSR count). The lowest BCUT2D eigenvalue weighted by atomic mass is 9.91. The summed E-state index contributed by atoms with van der Waals surface area (Å²) >= 11 is 0. The lowest BCUT2D eigenvalue weighted by Gasteiger charge is -2.29. The molecule has 0 radical (unpaired) electrons. The van der Waals surface area contributed by atoms with Crippen LogP contribution in [0.2, 0.25) is 0 Å². The quantitative estimate of drug-likeness (QED) is 0.441. The molecule has 2 N–H and O–H groups in total. The van der Waals surface area contributed by atoms with Crippen LogP contribution in [0.15, 0.2) is 60.8 Å². The Bertz CT molecular complexity index is 1130. The number of carbonyl (C=O) groups is 1. The molecule has 1 heterocycles. The fraction of sp³-hybridized carbons (Fsp3) is 0.393. The summed E-state index contributed by atoms with van der Waals surface area (Å²) in [4.78, 5) is 23.6. The Labute approximate surface area is 213 Å². The van der Waals surface area contributed by atoms with Crippen molar-refractivity contribution in [3.8, 4) is 11.5 Å². The highest BCUT2D eigenvalue weighted by atomic mass is 16.5. The van der Waals surface area contributed by atoms with E-state index in [0.717, 1.165) is 42.6 Å². The molecule has 3 aromatic rings. The number of aromatic nitrogens is 2. The normalized spacial score (nSPS) is 17.2. The van der Waals surface area contributed by atoms with E-state index in [0.29, 0.717) is 36.5 Å². The maximum absolute atomic E-state index is 12.7. The van der Waals surface area contributed by atoms with Crippen LogP contribution in [0.4, 0.5) is 11.8 Å². The van der Waals surface area contributed by atoms with Crippen LogP contribution in [0.5, 0.6) is 11.5 Å². The standard InChI is InChI=1S/C28H35N5O3/c1-33(2)26-15-16-29-28(32-26)31-23-12-10-22(11-13-23)30-27(34)18-21-9-14-24(25(17-21)35-3)36-19-20-7-5-4-6-8-20/h4-9,14-17,22-23H,10-13,18-19H2,1-3H3,(H,30,34)(H,29,31,32). The lowest BCUT2D eigenvalue weighted by Crippen LogP contribution is -2.40. The number of anilines is 2. The highest BCUT2D eigenvalue weighted by Gasteiger charge is 2.23. The third-order valence-corrected chi connectivity index (χ3v) is 6.35. The number of amides is 1. The second-order valence-corrected chi connectivity index (χ2v) is 9.33. The van der Waals surface area contributed by atoms with Crippen molar-refractivity contribution in [2.24, 2.45) is 0 Å². The van der Waals surface area contributed by atoms with Crippen molar-refractivity contribution in [1.82, 2.24) is 15.3 Å². The number of hydrogen-bond acceptors (Lipinski definition) is 7. The van der Waals surface area contributed by atoms with Crippen LogP contribution in [-0.4, -0.2) is 49.2 Å². The van der Waals surface area contributed by atoms with Gasteiger partial charge >= 0.3 is 0 Å². The average Bonchev–Trinajstić information content (AvgIpc) is 2.89. The van der Waals surface area contributed by atoms with Crippen LogP contribution >= 0.6 is 0 Å². The van der Waals surface area contributed by atoms with Crippen molar-refractivity contribution >= 4 is 17.7 Å². The second-order valence-electron chi connectivity index (χ2n) is 9.33. The van der Waals surface area contributed by atoms with E-state index in [1.165, 1.54) is 0 Å². The minimum Gasteiger partial charge on any atom is -0.493 e. The zero-order valence-corrected chi connectivity index (χ0v) is 21.2. The van der Waals surface area contributed by atoms with Gasteiger partial charge in [-0.1, -0.05) is 36.4 Å². The molecule has 0 bridgehead atoms. The van der Waals surface area contributed by atoms with Crippen molar-refractivity contribution in [2.45, 2.75) is 50.8 Å². The van der Waals surface area contributed by atoms with E-state index >= 15 is 0 Å². The molecule has 1 saturated carbocycles. The van der Waals surface area contributed by atoms with Gasteiger partial charge in [-0.05, 0) is 55.0 Å². The summed E-state index contributed by atoms with van der Waals surface area (Å²) in [5, 5.41) is 6.64. The highest BCUT2D eigenvalue weighted by Crippen LogP contribution is 2.29. The molecular weight excluding hydrogens is 454 g/mol. The number of ether oxygens (including phenoxy) is 2. The summed E-state index contributed by atoms with van der Waals surface area (Å²) < 4.78 is 11.4. The molecule has 0 aliphatic heterocycles. The van der Waals surface area contributed by atoms with Crippen LogP contribution in [0.3, 0.4) is 0 Å². The van der Waals surface area contributed by atoms with Gasteiger partial charge in [0.1, 0.15) is 12.4 Å². The summed E-state index contributed by atoms with van der Waals surface area (Å²) in [6.45, 7) is 0.460. The Morgan fingerprint density at radius 1 is 0.972 bits per heavy atom. The fourth-order valence-electron chi connectivity index (χ4n) is 4.37. The van der Waals surface area contributed by atoms with E-state index in [9.17, 15) is 4.79 Å². The van der Waals surface area contributed by atoms with Crippen LogP contribution in [-0.2, 0) is 17.8 Å². The van der Waals surface area contributed by atoms with Crippen molar-refractivity contribution in [2.75, 3.05) is 31.4 Å². The number of carbonyl (C=O) groups excluding carboxylic acids is 1. The minimum absolute atomic E-state index is 0.0217. The molecular formula is C28H35N5O3. The first kappa shape index (κ1) is 25.3. The number of methoxy groups -OCH3 is 1. The Balaban J connectivity index is 1.24. The number of nitrogens with zero attached hydrogens (tertiary/aromatic N) is 3. The maximum Gasteiger partial charge on any atom is 0.224 e. The number of rotatable bonds is 10. The van der Waals surface area contributed by atoms with Gasteiger partial charge in [0.15, 0.2) is 11.5 Å². The Hall–Kier alpha value is -3.81. The molecule has 0 unspecified atom stereocenters. The van der Waals surface area contributed by atoms with Crippen LogP contribution in [0.25, 0.3) is 0 Å². The van der Waals surface area contributed by atoms with E-state index < -0.39 is 0 Å². The Morgan fingerprint density at radius 3 is 2.44 bits per heavy atom. The van der Waals surface area contributed by atoms with Gasteiger partial charge in [0, 0.05) is 32.4 Å². The zero-order chi connectivity index (χ0) is 25.3.